The van der Waals surface area contributed by atoms with Crippen molar-refractivity contribution in [3.63, 3.8) is 0 Å². The fourth-order valence-corrected chi connectivity index (χ4v) is 2.20. The summed E-state index contributed by atoms with van der Waals surface area (Å²) in [5.41, 5.74) is 1.92. The summed E-state index contributed by atoms with van der Waals surface area (Å²) in [5, 5.41) is 20.4. The minimum atomic E-state index is -0.134. The first kappa shape index (κ1) is 15.0. The van der Waals surface area contributed by atoms with Crippen LogP contribution in [-0.2, 0) is 12.8 Å². The van der Waals surface area contributed by atoms with Crippen LogP contribution < -0.4 is 0 Å². The van der Waals surface area contributed by atoms with Crippen LogP contribution >= 0.6 is 0 Å². The highest BCUT2D eigenvalue weighted by Gasteiger charge is 2.23. The van der Waals surface area contributed by atoms with Gasteiger partial charge in [0.2, 0.25) is 0 Å². The van der Waals surface area contributed by atoms with Gasteiger partial charge in [-0.05, 0) is 25.3 Å². The van der Waals surface area contributed by atoms with Gasteiger partial charge in [-0.25, -0.2) is 0 Å². The van der Waals surface area contributed by atoms with Gasteiger partial charge < -0.3 is 10.2 Å². The lowest BCUT2D eigenvalue weighted by molar-refractivity contribution is 0.0984. The molecule has 0 fully saturated rings. The molecular weight excluding hydrogens is 240 g/mol. The number of phenolic OH excluding ortho intramolecular Hbond substituents is 2. The van der Waals surface area contributed by atoms with Gasteiger partial charge in [-0.15, -0.1) is 13.2 Å². The van der Waals surface area contributed by atoms with Crippen molar-refractivity contribution in [3.05, 3.63) is 47.6 Å². The maximum Gasteiger partial charge on any atom is 0.166 e. The minimum absolute atomic E-state index is 0.0300. The summed E-state index contributed by atoms with van der Waals surface area (Å²) in [6.07, 6.45) is 4.32. The lowest BCUT2D eigenvalue weighted by atomic mass is 9.90. The zero-order valence-corrected chi connectivity index (χ0v) is 11.5. The van der Waals surface area contributed by atoms with E-state index in [9.17, 15) is 15.0 Å². The van der Waals surface area contributed by atoms with Crippen molar-refractivity contribution >= 4 is 5.78 Å². The van der Waals surface area contributed by atoms with Gasteiger partial charge in [0.15, 0.2) is 5.78 Å². The number of allylic oxidation sites excluding steroid dienone is 2. The second-order valence-electron chi connectivity index (χ2n) is 4.42. The van der Waals surface area contributed by atoms with Crippen molar-refractivity contribution in [1.82, 2.24) is 0 Å². The van der Waals surface area contributed by atoms with E-state index in [1.807, 2.05) is 0 Å². The summed E-state index contributed by atoms with van der Waals surface area (Å²) in [5.74, 6) is -0.234. The largest absolute Gasteiger partial charge is 0.507 e. The molecule has 0 spiro atoms. The van der Waals surface area contributed by atoms with Gasteiger partial charge in [-0.2, -0.15) is 0 Å². The first-order valence-corrected chi connectivity index (χ1v) is 6.30. The number of ketones is 1. The van der Waals surface area contributed by atoms with Gasteiger partial charge in [0.1, 0.15) is 11.5 Å². The topological polar surface area (TPSA) is 57.5 Å². The maximum absolute atomic E-state index is 12.0. The lowest BCUT2D eigenvalue weighted by Gasteiger charge is -2.17. The van der Waals surface area contributed by atoms with Crippen LogP contribution in [0.1, 0.15) is 40.4 Å². The normalized spacial score (nSPS) is 10.2. The second kappa shape index (κ2) is 6.23. The van der Waals surface area contributed by atoms with E-state index in [2.05, 4.69) is 13.2 Å². The SMILES string of the molecule is C=CCc1c(C)c(C(=O)CC)c(O)c(CC=C)c1O. The third-order valence-electron chi connectivity index (χ3n) is 3.22. The number of benzene rings is 1. The number of hydrogen-bond acceptors (Lipinski definition) is 3. The van der Waals surface area contributed by atoms with Crippen LogP contribution in [-0.4, -0.2) is 16.0 Å². The standard InChI is InChI=1S/C16H20O3/c1-5-8-11-10(4)14(13(17)7-3)16(19)12(9-6-2)15(11)18/h5-6,18-19H,1-2,7-9H2,3-4H3. The molecule has 2 N–H and O–H groups in total. The van der Waals surface area contributed by atoms with Crippen molar-refractivity contribution in [2.45, 2.75) is 33.1 Å². The molecule has 0 aliphatic heterocycles. The van der Waals surface area contributed by atoms with E-state index < -0.39 is 0 Å². The van der Waals surface area contributed by atoms with E-state index in [4.69, 9.17) is 0 Å². The second-order valence-corrected chi connectivity index (χ2v) is 4.42. The molecule has 102 valence electrons. The number of carbonyl (C=O) groups excluding carboxylic acids is 1. The summed E-state index contributed by atoms with van der Waals surface area (Å²) in [4.78, 5) is 12.0. The number of rotatable bonds is 6. The molecule has 0 amide bonds. The molecule has 0 aliphatic rings. The predicted molar refractivity (Wildman–Crippen MR) is 76.9 cm³/mol. The van der Waals surface area contributed by atoms with Crippen LogP contribution in [0.4, 0.5) is 0 Å². The number of phenols is 2. The summed E-state index contributed by atoms with van der Waals surface area (Å²) in [6.45, 7) is 10.7. The Balaban J connectivity index is 3.67. The molecule has 1 aromatic carbocycles. The molecule has 0 saturated carbocycles. The van der Waals surface area contributed by atoms with Gasteiger partial charge in [0, 0.05) is 17.5 Å². The number of hydrogen-bond donors (Lipinski definition) is 2. The van der Waals surface area contributed by atoms with Crippen LogP contribution in [0.3, 0.4) is 0 Å². The van der Waals surface area contributed by atoms with Crippen molar-refractivity contribution in [1.29, 1.82) is 0 Å². The van der Waals surface area contributed by atoms with Gasteiger partial charge in [0.25, 0.3) is 0 Å². The number of aromatic hydroxyl groups is 2. The molecule has 1 rings (SSSR count). The Hall–Kier alpha value is -2.03. The third kappa shape index (κ3) is 2.70. The van der Waals surface area contributed by atoms with Crippen molar-refractivity contribution < 1.29 is 15.0 Å². The fraction of sp³-hybridized carbons (Fsp3) is 0.312. The van der Waals surface area contributed by atoms with E-state index in [0.717, 1.165) is 0 Å². The average Bonchev–Trinajstić information content (AvgIpc) is 2.39. The van der Waals surface area contributed by atoms with Crippen LogP contribution in [0.15, 0.2) is 25.3 Å². The van der Waals surface area contributed by atoms with Crippen molar-refractivity contribution in [3.8, 4) is 11.5 Å². The Morgan fingerprint density at radius 3 is 2.11 bits per heavy atom. The van der Waals surface area contributed by atoms with Crippen LogP contribution in [0.2, 0.25) is 0 Å². The van der Waals surface area contributed by atoms with Crippen molar-refractivity contribution in [2.75, 3.05) is 0 Å². The highest BCUT2D eigenvalue weighted by Crippen LogP contribution is 2.39. The Morgan fingerprint density at radius 2 is 1.63 bits per heavy atom. The fourth-order valence-electron chi connectivity index (χ4n) is 2.20. The molecule has 0 bridgehead atoms. The summed E-state index contributed by atoms with van der Waals surface area (Å²) < 4.78 is 0. The summed E-state index contributed by atoms with van der Waals surface area (Å²) in [6, 6.07) is 0. The average molecular weight is 260 g/mol. The first-order valence-electron chi connectivity index (χ1n) is 6.30. The highest BCUT2D eigenvalue weighted by molar-refractivity contribution is 6.01. The summed E-state index contributed by atoms with van der Waals surface area (Å²) in [7, 11) is 0. The first-order chi connectivity index (χ1) is 8.99. The maximum atomic E-state index is 12.0. The van der Waals surface area contributed by atoms with Gasteiger partial charge in [-0.3, -0.25) is 4.79 Å². The molecular formula is C16H20O3. The molecule has 0 aliphatic carbocycles. The van der Waals surface area contributed by atoms with Crippen LogP contribution in [0.5, 0.6) is 11.5 Å². The highest BCUT2D eigenvalue weighted by atomic mass is 16.3. The quantitative estimate of drug-likeness (QED) is 0.608. The van der Waals surface area contributed by atoms with Crippen LogP contribution in [0.25, 0.3) is 0 Å². The molecule has 3 heteroatoms. The molecule has 0 atom stereocenters. The molecule has 19 heavy (non-hydrogen) atoms. The molecule has 0 radical (unpaired) electrons. The van der Waals surface area contributed by atoms with Crippen LogP contribution in [0, 0.1) is 6.92 Å². The van der Waals surface area contributed by atoms with Gasteiger partial charge in [0.05, 0.1) is 5.56 Å². The molecule has 0 unspecified atom stereocenters. The Bertz CT molecular complexity index is 490. The lowest BCUT2D eigenvalue weighted by Crippen LogP contribution is -2.06. The Morgan fingerprint density at radius 1 is 1.11 bits per heavy atom. The van der Waals surface area contributed by atoms with E-state index in [1.165, 1.54) is 0 Å². The molecule has 0 aromatic heterocycles. The zero-order valence-electron chi connectivity index (χ0n) is 11.5. The Kier molecular flexibility index (Phi) is 4.93. The molecule has 3 nitrogen and oxygen atoms in total. The predicted octanol–water partition coefficient (Wildman–Crippen LogP) is 3.46. The Labute approximate surface area is 113 Å². The molecule has 0 saturated heterocycles. The zero-order chi connectivity index (χ0) is 14.6. The van der Waals surface area contributed by atoms with E-state index in [1.54, 1.807) is 26.0 Å². The number of Topliss-reactive ketones (excluding diaryl/α,β-unsaturated/α-hetero) is 1. The molecule has 1 aromatic rings. The van der Waals surface area contributed by atoms with Crippen molar-refractivity contribution in [2.24, 2.45) is 0 Å². The summed E-state index contributed by atoms with van der Waals surface area (Å²) >= 11 is 0. The third-order valence-corrected chi connectivity index (χ3v) is 3.22. The van der Waals surface area contributed by atoms with Gasteiger partial charge in [-0.1, -0.05) is 19.1 Å². The van der Waals surface area contributed by atoms with E-state index in [-0.39, 0.29) is 17.3 Å². The van der Waals surface area contributed by atoms with Gasteiger partial charge >= 0.3 is 0 Å². The minimum Gasteiger partial charge on any atom is -0.507 e. The number of carbonyl (C=O) groups is 1. The monoisotopic (exact) mass is 260 g/mol. The smallest absolute Gasteiger partial charge is 0.166 e. The van der Waals surface area contributed by atoms with E-state index in [0.29, 0.717) is 41.5 Å². The van der Waals surface area contributed by atoms with E-state index >= 15 is 0 Å². The molecule has 0 heterocycles.